The molecule has 1 N–H and O–H groups in total. The van der Waals surface area contributed by atoms with Crippen LogP contribution in [0.3, 0.4) is 0 Å². The van der Waals surface area contributed by atoms with Gasteiger partial charge in [-0.3, -0.25) is 4.98 Å². The first-order valence-electron chi connectivity index (χ1n) is 9.32. The van der Waals surface area contributed by atoms with Gasteiger partial charge in [0.15, 0.2) is 0 Å². The molecular formula is C24H16Cl2N4O. The summed E-state index contributed by atoms with van der Waals surface area (Å²) in [6, 6.07) is 18.8. The maximum Gasteiger partial charge on any atom is 0.139 e. The van der Waals surface area contributed by atoms with Crippen LogP contribution in [0.15, 0.2) is 60.8 Å². The van der Waals surface area contributed by atoms with Crippen LogP contribution in [0.5, 0.6) is 5.75 Å². The number of methoxy groups -OCH3 is 1. The normalized spacial score (nSPS) is 10.9. The SMILES string of the molecule is COc1cc(Nc2c(C#N)c(/C=C/c3ccccn3)nc3ccccc23)c(Cl)cc1Cl. The number of anilines is 2. The number of para-hydroxylation sites is 1. The van der Waals surface area contributed by atoms with E-state index in [1.54, 1.807) is 24.4 Å². The molecule has 31 heavy (non-hydrogen) atoms. The summed E-state index contributed by atoms with van der Waals surface area (Å²) >= 11 is 12.6. The second-order valence-corrected chi connectivity index (χ2v) is 7.37. The summed E-state index contributed by atoms with van der Waals surface area (Å²) in [4.78, 5) is 8.96. The van der Waals surface area contributed by atoms with Gasteiger partial charge in [0.2, 0.25) is 0 Å². The van der Waals surface area contributed by atoms with Gasteiger partial charge in [-0.25, -0.2) is 4.98 Å². The maximum atomic E-state index is 9.99. The van der Waals surface area contributed by atoms with Gasteiger partial charge >= 0.3 is 0 Å². The van der Waals surface area contributed by atoms with Crippen LogP contribution in [0.4, 0.5) is 11.4 Å². The number of nitrogens with zero attached hydrogens (tertiary/aromatic N) is 3. The van der Waals surface area contributed by atoms with Gasteiger partial charge in [0, 0.05) is 17.6 Å². The lowest BCUT2D eigenvalue weighted by molar-refractivity contribution is 0.415. The summed E-state index contributed by atoms with van der Waals surface area (Å²) in [6.07, 6.45) is 5.31. The van der Waals surface area contributed by atoms with Gasteiger partial charge < -0.3 is 10.1 Å². The lowest BCUT2D eigenvalue weighted by Crippen LogP contribution is -2.01. The molecule has 2 aromatic heterocycles. The Labute approximate surface area is 189 Å². The number of halogens is 2. The first-order chi connectivity index (χ1) is 15.1. The van der Waals surface area contributed by atoms with E-state index < -0.39 is 0 Å². The van der Waals surface area contributed by atoms with Gasteiger partial charge in [0.25, 0.3) is 0 Å². The van der Waals surface area contributed by atoms with E-state index in [-0.39, 0.29) is 0 Å². The third kappa shape index (κ3) is 4.31. The Kier molecular flexibility index (Phi) is 6.03. The van der Waals surface area contributed by atoms with Crippen LogP contribution in [0, 0.1) is 11.3 Å². The zero-order chi connectivity index (χ0) is 21.8. The number of aromatic nitrogens is 2. The van der Waals surface area contributed by atoms with E-state index in [0.29, 0.717) is 38.4 Å². The van der Waals surface area contributed by atoms with Crippen molar-refractivity contribution in [1.29, 1.82) is 5.26 Å². The highest BCUT2D eigenvalue weighted by Crippen LogP contribution is 2.38. The molecule has 0 radical (unpaired) electrons. The number of ether oxygens (including phenoxy) is 1. The second kappa shape index (κ2) is 9.05. The van der Waals surface area contributed by atoms with E-state index in [2.05, 4.69) is 21.4 Å². The fourth-order valence-electron chi connectivity index (χ4n) is 3.15. The van der Waals surface area contributed by atoms with E-state index in [1.165, 1.54) is 7.11 Å². The molecule has 0 fully saturated rings. The molecule has 0 bridgehead atoms. The maximum absolute atomic E-state index is 9.99. The van der Waals surface area contributed by atoms with Crippen molar-refractivity contribution in [2.75, 3.05) is 12.4 Å². The Bertz CT molecular complexity index is 1330. The van der Waals surface area contributed by atoms with Crippen molar-refractivity contribution in [3.63, 3.8) is 0 Å². The van der Waals surface area contributed by atoms with E-state index in [0.717, 1.165) is 16.6 Å². The number of nitrogens with one attached hydrogen (secondary N) is 1. The molecule has 2 aromatic carbocycles. The first-order valence-corrected chi connectivity index (χ1v) is 10.1. The zero-order valence-electron chi connectivity index (χ0n) is 16.4. The number of hydrogen-bond donors (Lipinski definition) is 1. The van der Waals surface area contributed by atoms with Crippen molar-refractivity contribution in [3.8, 4) is 11.8 Å². The first kappa shape index (κ1) is 20.7. The van der Waals surface area contributed by atoms with E-state index >= 15 is 0 Å². The third-order valence-electron chi connectivity index (χ3n) is 4.63. The summed E-state index contributed by atoms with van der Waals surface area (Å²) < 4.78 is 5.31. The van der Waals surface area contributed by atoms with Gasteiger partial charge in [0.05, 0.1) is 45.4 Å². The molecule has 0 unspecified atom stereocenters. The minimum Gasteiger partial charge on any atom is -0.495 e. The van der Waals surface area contributed by atoms with Gasteiger partial charge in [-0.15, -0.1) is 0 Å². The molecule has 0 amide bonds. The minimum atomic E-state index is 0.385. The Balaban J connectivity index is 1.88. The van der Waals surface area contributed by atoms with E-state index in [4.69, 9.17) is 27.9 Å². The van der Waals surface area contributed by atoms with Crippen molar-refractivity contribution in [2.24, 2.45) is 0 Å². The van der Waals surface area contributed by atoms with Crippen LogP contribution >= 0.6 is 23.2 Å². The van der Waals surface area contributed by atoms with Crippen LogP contribution in [0.2, 0.25) is 10.0 Å². The van der Waals surface area contributed by atoms with Crippen molar-refractivity contribution in [1.82, 2.24) is 9.97 Å². The predicted molar refractivity (Wildman–Crippen MR) is 126 cm³/mol. The quantitative estimate of drug-likeness (QED) is 0.367. The van der Waals surface area contributed by atoms with Crippen LogP contribution in [-0.4, -0.2) is 17.1 Å². The Morgan fingerprint density at radius 3 is 2.58 bits per heavy atom. The molecule has 0 aliphatic carbocycles. The van der Waals surface area contributed by atoms with Crippen LogP contribution in [0.1, 0.15) is 17.0 Å². The molecule has 7 heteroatoms. The summed E-state index contributed by atoms with van der Waals surface area (Å²) in [6.45, 7) is 0. The van der Waals surface area contributed by atoms with Crippen molar-refractivity contribution < 1.29 is 4.74 Å². The summed E-state index contributed by atoms with van der Waals surface area (Å²) in [5.74, 6) is 0.473. The van der Waals surface area contributed by atoms with E-state index in [1.807, 2.05) is 48.5 Å². The Morgan fingerprint density at radius 2 is 1.84 bits per heavy atom. The second-order valence-electron chi connectivity index (χ2n) is 6.56. The van der Waals surface area contributed by atoms with Gasteiger partial charge in [-0.2, -0.15) is 5.26 Å². The topological polar surface area (TPSA) is 70.8 Å². The minimum absolute atomic E-state index is 0.385. The van der Waals surface area contributed by atoms with Gasteiger partial charge in [-0.1, -0.05) is 47.5 Å². The molecule has 0 aliphatic rings. The van der Waals surface area contributed by atoms with Crippen LogP contribution < -0.4 is 10.1 Å². The number of fused-ring (bicyclic) bond motifs is 1. The molecule has 0 aliphatic heterocycles. The highest BCUT2D eigenvalue weighted by atomic mass is 35.5. The van der Waals surface area contributed by atoms with Crippen molar-refractivity contribution in [3.05, 3.63) is 87.8 Å². The number of benzene rings is 2. The molecule has 152 valence electrons. The molecule has 2 heterocycles. The molecule has 0 saturated carbocycles. The molecule has 0 atom stereocenters. The van der Waals surface area contributed by atoms with Gasteiger partial charge in [-0.05, 0) is 36.4 Å². The highest BCUT2D eigenvalue weighted by Gasteiger charge is 2.16. The summed E-state index contributed by atoms with van der Waals surface area (Å²) in [7, 11) is 1.53. The molecule has 0 spiro atoms. The molecule has 4 rings (SSSR count). The smallest absolute Gasteiger partial charge is 0.139 e. The Morgan fingerprint density at radius 1 is 1.03 bits per heavy atom. The lowest BCUT2D eigenvalue weighted by atomic mass is 10.0. The third-order valence-corrected chi connectivity index (χ3v) is 5.24. The monoisotopic (exact) mass is 446 g/mol. The average molecular weight is 447 g/mol. The highest BCUT2D eigenvalue weighted by molar-refractivity contribution is 6.37. The van der Waals surface area contributed by atoms with Crippen molar-refractivity contribution >= 4 is 57.6 Å². The standard InChI is InChI=1S/C24H16Cl2N4O/c1-31-23-13-22(18(25)12-19(23)26)30-24-16-7-2-3-8-20(16)29-21(17(24)14-27)10-9-15-6-4-5-11-28-15/h2-13H,1H3,(H,29,30)/b10-9+. The number of pyridine rings is 2. The largest absolute Gasteiger partial charge is 0.495 e. The Hall–Kier alpha value is -3.59. The average Bonchev–Trinajstić information content (AvgIpc) is 2.80. The number of rotatable bonds is 5. The fraction of sp³-hybridized carbons (Fsp3) is 0.0417. The van der Waals surface area contributed by atoms with Crippen molar-refractivity contribution in [2.45, 2.75) is 0 Å². The molecular weight excluding hydrogens is 431 g/mol. The van der Waals surface area contributed by atoms with Crippen LogP contribution in [0.25, 0.3) is 23.1 Å². The predicted octanol–water partition coefficient (Wildman–Crippen LogP) is 6.73. The molecule has 5 nitrogen and oxygen atoms in total. The number of hydrogen-bond acceptors (Lipinski definition) is 5. The molecule has 0 saturated heterocycles. The van der Waals surface area contributed by atoms with Gasteiger partial charge in [0.1, 0.15) is 17.4 Å². The van der Waals surface area contributed by atoms with Crippen LogP contribution in [-0.2, 0) is 0 Å². The summed E-state index contributed by atoms with van der Waals surface area (Å²) in [5, 5.41) is 14.9. The van der Waals surface area contributed by atoms with E-state index in [9.17, 15) is 5.26 Å². The zero-order valence-corrected chi connectivity index (χ0v) is 17.9. The molecule has 4 aromatic rings. The summed E-state index contributed by atoms with van der Waals surface area (Å²) in [5.41, 5.74) is 3.57. The fourth-order valence-corrected chi connectivity index (χ4v) is 3.66. The lowest BCUT2D eigenvalue weighted by Gasteiger charge is -2.16. The number of nitriles is 1.